The number of ketones is 1. The Morgan fingerprint density at radius 3 is 2.74 bits per heavy atom. The number of rotatable bonds is 6. The molecule has 0 bridgehead atoms. The highest BCUT2D eigenvalue weighted by atomic mass is 35.5. The minimum atomic E-state index is 0.241. The Morgan fingerprint density at radius 1 is 1.53 bits per heavy atom. The normalized spacial score (nSPS) is 22.3. The Labute approximate surface area is 119 Å². The lowest BCUT2D eigenvalue weighted by atomic mass is 9.78. The predicted octanol–water partition coefficient (Wildman–Crippen LogP) is 2.70. The number of nitrogens with zero attached hydrogens (tertiary/aromatic N) is 2. The molecule has 1 aromatic heterocycles. The van der Waals surface area contributed by atoms with Crippen molar-refractivity contribution < 1.29 is 9.53 Å². The molecule has 0 unspecified atom stereocenters. The molecular weight excluding hydrogens is 264 g/mol. The van der Waals surface area contributed by atoms with E-state index in [2.05, 4.69) is 5.10 Å². The molecule has 0 saturated heterocycles. The van der Waals surface area contributed by atoms with Crippen LogP contribution in [0.5, 0.6) is 0 Å². The van der Waals surface area contributed by atoms with Gasteiger partial charge in [0.25, 0.3) is 0 Å². The molecule has 0 amide bonds. The summed E-state index contributed by atoms with van der Waals surface area (Å²) in [6, 6.07) is 0. The number of ether oxygens (including phenoxy) is 1. The van der Waals surface area contributed by atoms with Crippen LogP contribution in [0.15, 0.2) is 0 Å². The Balaban J connectivity index is 1.82. The van der Waals surface area contributed by atoms with Gasteiger partial charge in [0, 0.05) is 26.5 Å². The largest absolute Gasteiger partial charge is 0.378 e. The molecule has 1 saturated carbocycles. The van der Waals surface area contributed by atoms with Gasteiger partial charge in [0.2, 0.25) is 0 Å². The molecule has 106 valence electrons. The van der Waals surface area contributed by atoms with Crippen molar-refractivity contribution in [1.29, 1.82) is 0 Å². The molecule has 1 fully saturated rings. The predicted molar refractivity (Wildman–Crippen MR) is 74.4 cm³/mol. The summed E-state index contributed by atoms with van der Waals surface area (Å²) in [5, 5.41) is 4.85. The van der Waals surface area contributed by atoms with Gasteiger partial charge in [0.15, 0.2) is 0 Å². The average molecular weight is 285 g/mol. The van der Waals surface area contributed by atoms with Gasteiger partial charge in [-0.15, -0.1) is 0 Å². The highest BCUT2D eigenvalue weighted by Crippen LogP contribution is 2.33. The fourth-order valence-corrected chi connectivity index (χ4v) is 2.89. The molecule has 1 aliphatic rings. The number of hydrogen-bond acceptors (Lipinski definition) is 3. The van der Waals surface area contributed by atoms with Gasteiger partial charge < -0.3 is 4.74 Å². The summed E-state index contributed by atoms with van der Waals surface area (Å²) in [5.41, 5.74) is 1.61. The third kappa shape index (κ3) is 3.37. The van der Waals surface area contributed by atoms with Crippen molar-refractivity contribution in [2.24, 2.45) is 13.0 Å². The van der Waals surface area contributed by atoms with E-state index < -0.39 is 0 Å². The molecule has 0 N–H and O–H groups in total. The summed E-state index contributed by atoms with van der Waals surface area (Å²) in [6.07, 6.45) is 3.40. The molecule has 2 rings (SSSR count). The Bertz CT molecular complexity index is 464. The molecule has 0 spiro atoms. The van der Waals surface area contributed by atoms with Crippen LogP contribution >= 0.6 is 11.6 Å². The van der Waals surface area contributed by atoms with Crippen LogP contribution < -0.4 is 0 Å². The van der Waals surface area contributed by atoms with Crippen LogP contribution in [-0.4, -0.2) is 28.3 Å². The topological polar surface area (TPSA) is 44.1 Å². The van der Waals surface area contributed by atoms with Gasteiger partial charge >= 0.3 is 0 Å². The number of aryl methyl sites for hydroxylation is 2. The fraction of sp³-hybridized carbons (Fsp3) is 0.714. The van der Waals surface area contributed by atoms with Gasteiger partial charge in [-0.3, -0.25) is 9.48 Å². The summed E-state index contributed by atoms with van der Waals surface area (Å²) in [6.45, 7) is 4.62. The van der Waals surface area contributed by atoms with Crippen molar-refractivity contribution in [2.75, 3.05) is 6.61 Å². The molecule has 4 nitrogen and oxygen atoms in total. The molecule has 1 aromatic rings. The minimum Gasteiger partial charge on any atom is -0.378 e. The molecule has 1 heterocycles. The van der Waals surface area contributed by atoms with E-state index in [1.54, 1.807) is 4.68 Å². The maximum atomic E-state index is 12.1. The highest BCUT2D eigenvalue weighted by molar-refractivity contribution is 6.32. The summed E-state index contributed by atoms with van der Waals surface area (Å²) in [7, 11) is 1.83. The maximum absolute atomic E-state index is 12.1. The van der Waals surface area contributed by atoms with Gasteiger partial charge in [-0.2, -0.15) is 5.10 Å². The van der Waals surface area contributed by atoms with Gasteiger partial charge in [-0.25, -0.2) is 0 Å². The lowest BCUT2D eigenvalue weighted by Crippen LogP contribution is -2.33. The van der Waals surface area contributed by atoms with Gasteiger partial charge in [0.05, 0.1) is 22.5 Å². The van der Waals surface area contributed by atoms with Gasteiger partial charge in [0.1, 0.15) is 5.78 Å². The first-order valence-corrected chi connectivity index (χ1v) is 7.20. The second-order valence-electron chi connectivity index (χ2n) is 5.30. The average Bonchev–Trinajstić information content (AvgIpc) is 2.53. The smallest absolute Gasteiger partial charge is 0.139 e. The van der Waals surface area contributed by atoms with Crippen molar-refractivity contribution in [3.05, 3.63) is 16.4 Å². The lowest BCUT2D eigenvalue weighted by Gasteiger charge is -2.34. The van der Waals surface area contributed by atoms with Crippen LogP contribution in [0.1, 0.15) is 37.6 Å². The zero-order valence-electron chi connectivity index (χ0n) is 11.8. The quantitative estimate of drug-likeness (QED) is 0.807. The number of aromatic nitrogens is 2. The van der Waals surface area contributed by atoms with Crippen LogP contribution in [0, 0.1) is 12.8 Å². The van der Waals surface area contributed by atoms with Crippen LogP contribution in [0.25, 0.3) is 0 Å². The van der Waals surface area contributed by atoms with Crippen molar-refractivity contribution in [1.82, 2.24) is 9.78 Å². The summed E-state index contributed by atoms with van der Waals surface area (Å²) < 4.78 is 7.21. The third-order valence-corrected chi connectivity index (χ3v) is 4.23. The highest BCUT2D eigenvalue weighted by Gasteiger charge is 2.31. The van der Waals surface area contributed by atoms with Crippen molar-refractivity contribution in [3.8, 4) is 0 Å². The standard InChI is InChI=1S/C14H21ClN2O2/c1-4-19-12-6-10(7-12)5-11(18)8-13-14(15)9(2)16-17(13)3/h10,12H,4-8H2,1-3H3. The first-order valence-electron chi connectivity index (χ1n) is 6.82. The van der Waals surface area contributed by atoms with Crippen LogP contribution in [0.3, 0.4) is 0 Å². The fourth-order valence-electron chi connectivity index (χ4n) is 2.67. The minimum absolute atomic E-state index is 0.241. The molecule has 0 aliphatic heterocycles. The zero-order chi connectivity index (χ0) is 14.0. The van der Waals surface area contributed by atoms with E-state index in [4.69, 9.17) is 16.3 Å². The molecule has 0 atom stereocenters. The van der Waals surface area contributed by atoms with E-state index in [9.17, 15) is 4.79 Å². The van der Waals surface area contributed by atoms with E-state index in [0.717, 1.165) is 30.8 Å². The Hall–Kier alpha value is -0.870. The lowest BCUT2D eigenvalue weighted by molar-refractivity contribution is -0.121. The van der Waals surface area contributed by atoms with E-state index in [-0.39, 0.29) is 5.78 Å². The summed E-state index contributed by atoms with van der Waals surface area (Å²) in [5.74, 6) is 0.724. The van der Waals surface area contributed by atoms with E-state index >= 15 is 0 Å². The number of halogens is 1. The van der Waals surface area contributed by atoms with E-state index in [1.807, 2.05) is 20.9 Å². The number of carbonyl (C=O) groups excluding carboxylic acids is 1. The Kier molecular flexibility index (Phi) is 4.63. The molecule has 19 heavy (non-hydrogen) atoms. The molecule has 0 aromatic carbocycles. The SMILES string of the molecule is CCOC1CC(CC(=O)Cc2c(Cl)c(C)nn2C)C1. The van der Waals surface area contributed by atoms with Crippen molar-refractivity contribution in [3.63, 3.8) is 0 Å². The number of Topliss-reactive ketones (excluding diaryl/α,β-unsaturated/α-hetero) is 1. The van der Waals surface area contributed by atoms with Crippen molar-refractivity contribution >= 4 is 17.4 Å². The molecule has 0 radical (unpaired) electrons. The van der Waals surface area contributed by atoms with Gasteiger partial charge in [-0.05, 0) is 32.6 Å². The maximum Gasteiger partial charge on any atom is 0.139 e. The van der Waals surface area contributed by atoms with E-state index in [1.165, 1.54) is 0 Å². The first-order chi connectivity index (χ1) is 9.01. The Morgan fingerprint density at radius 2 is 2.21 bits per heavy atom. The molecule has 5 heteroatoms. The van der Waals surface area contributed by atoms with Crippen LogP contribution in [-0.2, 0) is 23.0 Å². The molecule has 1 aliphatic carbocycles. The van der Waals surface area contributed by atoms with Gasteiger partial charge in [-0.1, -0.05) is 11.6 Å². The van der Waals surface area contributed by atoms with Crippen molar-refractivity contribution in [2.45, 2.75) is 45.6 Å². The van der Waals surface area contributed by atoms with Crippen LogP contribution in [0.2, 0.25) is 5.02 Å². The first kappa shape index (κ1) is 14.5. The number of hydrogen-bond donors (Lipinski definition) is 0. The summed E-state index contributed by atoms with van der Waals surface area (Å²) in [4.78, 5) is 12.1. The zero-order valence-corrected chi connectivity index (χ0v) is 12.5. The second kappa shape index (κ2) is 6.06. The van der Waals surface area contributed by atoms with Crippen LogP contribution in [0.4, 0.5) is 0 Å². The number of carbonyl (C=O) groups is 1. The molecular formula is C14H21ClN2O2. The summed E-state index contributed by atoms with van der Waals surface area (Å²) >= 11 is 6.15. The third-order valence-electron chi connectivity index (χ3n) is 3.74. The monoisotopic (exact) mass is 284 g/mol. The second-order valence-corrected chi connectivity index (χ2v) is 5.68. The van der Waals surface area contributed by atoms with E-state index in [0.29, 0.717) is 29.9 Å².